The van der Waals surface area contributed by atoms with E-state index in [4.69, 9.17) is 9.47 Å². The number of nitrogens with zero attached hydrogens (tertiary/aromatic N) is 3. The Balaban J connectivity index is 2.21. The van der Waals surface area contributed by atoms with Crippen LogP contribution in [-0.4, -0.2) is 61.8 Å². The molecule has 0 bridgehead atoms. The lowest BCUT2D eigenvalue weighted by atomic mass is 9.74. The monoisotopic (exact) mass is 497 g/mol. The van der Waals surface area contributed by atoms with Crippen LogP contribution in [0.1, 0.15) is 39.5 Å². The number of hydrogen-bond acceptors (Lipinski definition) is 9. The standard InChI is InChI=1S/C23H35N3O9/c1-5-9-24-21(31)25(11-15(27)6-2)23(33)26(22(24)32)12-16(28)13-35-20(30)17-8-7-14(3)10-18(17)19(29)34-4/h5,14-18,27-28H,1,6-13H2,2-4H3. The largest absolute Gasteiger partial charge is 0.469 e. The molecular weight excluding hydrogens is 462 g/mol. The topological polar surface area (TPSA) is 159 Å². The van der Waals surface area contributed by atoms with Gasteiger partial charge in [-0.25, -0.2) is 28.1 Å². The number of ether oxygens (including phenoxy) is 2. The maximum absolute atomic E-state index is 12.8. The van der Waals surface area contributed by atoms with Gasteiger partial charge < -0.3 is 19.7 Å². The lowest BCUT2D eigenvalue weighted by Gasteiger charge is -2.31. The number of hydrogen-bond donors (Lipinski definition) is 2. The highest BCUT2D eigenvalue weighted by atomic mass is 16.5. The minimum Gasteiger partial charge on any atom is -0.469 e. The lowest BCUT2D eigenvalue weighted by Crippen LogP contribution is -2.56. The number of esters is 2. The number of carbonyl (C=O) groups excluding carboxylic acids is 2. The number of aromatic nitrogens is 3. The van der Waals surface area contributed by atoms with E-state index in [0.29, 0.717) is 17.4 Å². The molecule has 12 nitrogen and oxygen atoms in total. The van der Waals surface area contributed by atoms with Gasteiger partial charge in [0.15, 0.2) is 0 Å². The van der Waals surface area contributed by atoms with Crippen molar-refractivity contribution in [1.82, 2.24) is 13.7 Å². The van der Waals surface area contributed by atoms with Crippen LogP contribution in [0.5, 0.6) is 0 Å². The van der Waals surface area contributed by atoms with Gasteiger partial charge in [0, 0.05) is 0 Å². The van der Waals surface area contributed by atoms with Crippen LogP contribution < -0.4 is 17.1 Å². The van der Waals surface area contributed by atoms with Gasteiger partial charge in [-0.15, -0.1) is 6.58 Å². The normalized spacial score (nSPS) is 21.7. The van der Waals surface area contributed by atoms with E-state index in [9.17, 15) is 34.2 Å². The number of carbonyl (C=O) groups is 2. The molecule has 0 saturated heterocycles. The molecule has 196 valence electrons. The average Bonchev–Trinajstić information content (AvgIpc) is 2.84. The summed E-state index contributed by atoms with van der Waals surface area (Å²) in [7, 11) is 1.25. The first-order valence-electron chi connectivity index (χ1n) is 11.7. The first kappa shape index (κ1) is 28.2. The average molecular weight is 498 g/mol. The van der Waals surface area contributed by atoms with Crippen LogP contribution in [0.25, 0.3) is 0 Å². The van der Waals surface area contributed by atoms with Gasteiger partial charge in [-0.05, 0) is 31.6 Å². The lowest BCUT2D eigenvalue weighted by molar-refractivity contribution is -0.164. The summed E-state index contributed by atoms with van der Waals surface area (Å²) in [6.45, 7) is 5.57. The molecule has 0 aliphatic heterocycles. The molecule has 1 aliphatic rings. The predicted octanol–water partition coefficient (Wildman–Crippen LogP) is -0.742. The fourth-order valence-electron chi connectivity index (χ4n) is 4.24. The molecule has 12 heteroatoms. The van der Waals surface area contributed by atoms with Crippen molar-refractivity contribution in [3.05, 3.63) is 44.1 Å². The Labute approximate surface area is 202 Å². The molecule has 2 N–H and O–H groups in total. The van der Waals surface area contributed by atoms with Crippen molar-refractivity contribution in [3.8, 4) is 0 Å². The SMILES string of the molecule is C=CCn1c(=O)n(CC(O)CC)c(=O)n(CC(O)COC(=O)C2CCC(C)CC2C(=O)OC)c1=O. The third-order valence-corrected chi connectivity index (χ3v) is 6.29. The zero-order valence-electron chi connectivity index (χ0n) is 20.4. The van der Waals surface area contributed by atoms with Gasteiger partial charge in [0.1, 0.15) is 12.7 Å². The van der Waals surface area contributed by atoms with E-state index in [2.05, 4.69) is 6.58 Å². The fourth-order valence-corrected chi connectivity index (χ4v) is 4.24. The number of aliphatic hydroxyl groups excluding tert-OH is 2. The van der Waals surface area contributed by atoms with Crippen LogP contribution in [0, 0.1) is 17.8 Å². The van der Waals surface area contributed by atoms with Gasteiger partial charge in [-0.1, -0.05) is 19.9 Å². The van der Waals surface area contributed by atoms with Crippen LogP contribution in [-0.2, 0) is 38.7 Å². The summed E-state index contributed by atoms with van der Waals surface area (Å²) >= 11 is 0. The van der Waals surface area contributed by atoms with E-state index in [1.807, 2.05) is 6.92 Å². The van der Waals surface area contributed by atoms with E-state index in [-0.39, 0.29) is 25.4 Å². The smallest absolute Gasteiger partial charge is 0.336 e. The quantitative estimate of drug-likeness (QED) is 0.296. The Hall–Kier alpha value is -2.99. The van der Waals surface area contributed by atoms with Crippen molar-refractivity contribution in [2.24, 2.45) is 17.8 Å². The highest BCUT2D eigenvalue weighted by Crippen LogP contribution is 2.35. The summed E-state index contributed by atoms with van der Waals surface area (Å²) in [6.07, 6.45) is 0.804. The maximum atomic E-state index is 12.8. The molecule has 2 rings (SSSR count). The van der Waals surface area contributed by atoms with Gasteiger partial charge in [-0.2, -0.15) is 0 Å². The second kappa shape index (κ2) is 12.6. The molecule has 35 heavy (non-hydrogen) atoms. The Morgan fingerprint density at radius 2 is 1.57 bits per heavy atom. The number of rotatable bonds is 11. The summed E-state index contributed by atoms with van der Waals surface area (Å²) < 4.78 is 12.2. The van der Waals surface area contributed by atoms with Crippen LogP contribution in [0.2, 0.25) is 0 Å². The van der Waals surface area contributed by atoms with Crippen molar-refractivity contribution in [1.29, 1.82) is 0 Å². The third-order valence-electron chi connectivity index (χ3n) is 6.29. The van der Waals surface area contributed by atoms with Crippen LogP contribution >= 0.6 is 0 Å². The second-order valence-corrected chi connectivity index (χ2v) is 8.97. The minimum absolute atomic E-state index is 0.180. The Bertz CT molecular complexity index is 1090. The van der Waals surface area contributed by atoms with E-state index in [1.54, 1.807) is 6.92 Å². The highest BCUT2D eigenvalue weighted by molar-refractivity contribution is 5.82. The number of aliphatic hydroxyl groups is 2. The zero-order chi connectivity index (χ0) is 26.3. The molecule has 5 atom stereocenters. The second-order valence-electron chi connectivity index (χ2n) is 8.97. The third kappa shape index (κ3) is 6.79. The summed E-state index contributed by atoms with van der Waals surface area (Å²) in [5, 5.41) is 20.4. The molecule has 1 aromatic heterocycles. The van der Waals surface area contributed by atoms with Gasteiger partial charge in [0.2, 0.25) is 0 Å². The number of allylic oxidation sites excluding steroid dienone is 1. The van der Waals surface area contributed by atoms with Crippen molar-refractivity contribution < 1.29 is 29.3 Å². The molecule has 0 spiro atoms. The van der Waals surface area contributed by atoms with Crippen LogP contribution in [0.3, 0.4) is 0 Å². The van der Waals surface area contributed by atoms with Crippen molar-refractivity contribution >= 4 is 11.9 Å². The van der Waals surface area contributed by atoms with E-state index in [0.717, 1.165) is 15.6 Å². The molecule has 0 aromatic carbocycles. The van der Waals surface area contributed by atoms with Crippen LogP contribution in [0.15, 0.2) is 27.0 Å². The Morgan fingerprint density at radius 3 is 2.11 bits per heavy atom. The molecule has 1 aromatic rings. The minimum atomic E-state index is -1.44. The summed E-state index contributed by atoms with van der Waals surface area (Å²) in [5.74, 6) is -2.27. The molecule has 1 fully saturated rings. The van der Waals surface area contributed by atoms with E-state index in [1.165, 1.54) is 13.2 Å². The fraction of sp³-hybridized carbons (Fsp3) is 0.696. The molecule has 1 saturated carbocycles. The van der Waals surface area contributed by atoms with Gasteiger partial charge in [0.25, 0.3) is 0 Å². The zero-order valence-corrected chi connectivity index (χ0v) is 20.4. The van der Waals surface area contributed by atoms with Crippen molar-refractivity contribution in [3.63, 3.8) is 0 Å². The van der Waals surface area contributed by atoms with Crippen molar-refractivity contribution in [2.45, 2.75) is 71.4 Å². The molecule has 0 radical (unpaired) electrons. The predicted molar refractivity (Wildman–Crippen MR) is 125 cm³/mol. The highest BCUT2D eigenvalue weighted by Gasteiger charge is 2.40. The summed E-state index contributed by atoms with van der Waals surface area (Å²) in [5.41, 5.74) is -2.85. The van der Waals surface area contributed by atoms with Crippen molar-refractivity contribution in [2.75, 3.05) is 13.7 Å². The molecule has 1 aliphatic carbocycles. The van der Waals surface area contributed by atoms with Gasteiger partial charge >= 0.3 is 29.0 Å². The number of methoxy groups -OCH3 is 1. The first-order valence-corrected chi connectivity index (χ1v) is 11.7. The maximum Gasteiger partial charge on any atom is 0.336 e. The first-order chi connectivity index (χ1) is 16.5. The molecule has 0 amide bonds. The van der Waals surface area contributed by atoms with Crippen LogP contribution in [0.4, 0.5) is 0 Å². The van der Waals surface area contributed by atoms with E-state index < -0.39 is 66.2 Å². The molecular formula is C23H35N3O9. The van der Waals surface area contributed by atoms with Gasteiger partial charge in [-0.3, -0.25) is 9.59 Å². The van der Waals surface area contributed by atoms with Gasteiger partial charge in [0.05, 0.1) is 44.7 Å². The molecule has 1 heterocycles. The summed E-state index contributed by atoms with van der Waals surface area (Å²) in [4.78, 5) is 62.9. The summed E-state index contributed by atoms with van der Waals surface area (Å²) in [6, 6.07) is 0. The van der Waals surface area contributed by atoms with E-state index >= 15 is 0 Å². The Morgan fingerprint density at radius 1 is 1.00 bits per heavy atom. The molecule has 5 unspecified atom stereocenters. The Kier molecular flexibility index (Phi) is 10.2.